The van der Waals surface area contributed by atoms with Gasteiger partial charge in [-0.1, -0.05) is 59.7 Å². The van der Waals surface area contributed by atoms with Crippen molar-refractivity contribution in [1.82, 2.24) is 10.2 Å². The fraction of sp³-hybridized carbons (Fsp3) is 0.143. The van der Waals surface area contributed by atoms with Gasteiger partial charge in [0.2, 0.25) is 11.8 Å². The maximum atomic E-state index is 9.71. The number of ether oxygens (including phenoxy) is 1. The summed E-state index contributed by atoms with van der Waals surface area (Å²) in [5.41, 5.74) is 12.4. The van der Waals surface area contributed by atoms with Crippen molar-refractivity contribution in [2.45, 2.75) is 19.8 Å². The van der Waals surface area contributed by atoms with Crippen LogP contribution in [0, 0.1) is 25.2 Å². The van der Waals surface area contributed by atoms with Gasteiger partial charge in [-0.15, -0.1) is 5.10 Å². The predicted molar refractivity (Wildman–Crippen MR) is 99.2 cm³/mol. The van der Waals surface area contributed by atoms with Gasteiger partial charge in [0, 0.05) is 5.56 Å². The van der Waals surface area contributed by atoms with E-state index in [1.165, 1.54) is 5.56 Å². The van der Waals surface area contributed by atoms with E-state index >= 15 is 0 Å². The van der Waals surface area contributed by atoms with Gasteiger partial charge >= 0.3 is 0 Å². The summed E-state index contributed by atoms with van der Waals surface area (Å²) < 4.78 is 5.63. The third kappa shape index (κ3) is 2.52. The number of aromatic amines is 1. The Labute approximate surface area is 151 Å². The second-order valence-corrected chi connectivity index (χ2v) is 6.52. The molecular weight excluding hydrogens is 324 g/mol. The summed E-state index contributed by atoms with van der Waals surface area (Å²) in [6, 6.07) is 18.5. The molecule has 2 aromatic carbocycles. The zero-order chi connectivity index (χ0) is 18.3. The third-order valence-corrected chi connectivity index (χ3v) is 4.69. The van der Waals surface area contributed by atoms with Crippen molar-refractivity contribution >= 4 is 0 Å². The molecule has 0 spiro atoms. The van der Waals surface area contributed by atoms with Crippen molar-refractivity contribution in [3.63, 3.8) is 0 Å². The van der Waals surface area contributed by atoms with Gasteiger partial charge in [-0.2, -0.15) is 5.26 Å². The Balaban J connectivity index is 1.93. The number of benzene rings is 2. The average Bonchev–Trinajstić information content (AvgIpc) is 3.05. The number of H-pyrrole nitrogens is 1. The number of nitriles is 1. The first-order valence-electron chi connectivity index (χ1n) is 8.38. The number of nitrogens with zero attached hydrogens (tertiary/aromatic N) is 2. The van der Waals surface area contributed by atoms with E-state index in [-0.39, 0.29) is 11.8 Å². The van der Waals surface area contributed by atoms with Crippen molar-refractivity contribution in [3.05, 3.63) is 82.2 Å². The molecule has 5 heteroatoms. The Hall–Kier alpha value is -3.52. The maximum Gasteiger partial charge on any atom is 0.244 e. The highest BCUT2D eigenvalue weighted by atomic mass is 16.5. The smallest absolute Gasteiger partial charge is 0.244 e. The highest BCUT2D eigenvalue weighted by Gasteiger charge is 2.35. The zero-order valence-corrected chi connectivity index (χ0v) is 14.6. The van der Waals surface area contributed by atoms with Crippen LogP contribution in [0.25, 0.3) is 11.3 Å². The summed E-state index contributed by atoms with van der Waals surface area (Å²) in [5.74, 6) is 0.203. The molecule has 3 aromatic rings. The van der Waals surface area contributed by atoms with Crippen LogP contribution in [-0.2, 0) is 0 Å². The zero-order valence-electron chi connectivity index (χ0n) is 14.6. The molecule has 0 unspecified atom stereocenters. The minimum absolute atomic E-state index is 0.104. The van der Waals surface area contributed by atoms with Crippen molar-refractivity contribution in [2.24, 2.45) is 5.73 Å². The Morgan fingerprint density at radius 1 is 1.04 bits per heavy atom. The molecule has 0 radical (unpaired) electrons. The van der Waals surface area contributed by atoms with Gasteiger partial charge in [0.1, 0.15) is 11.6 Å². The Morgan fingerprint density at radius 3 is 2.27 bits per heavy atom. The van der Waals surface area contributed by atoms with E-state index in [9.17, 15) is 5.26 Å². The standard InChI is InChI=1S/C21H18N4O/c1-12-3-7-14(8-4-12)17-16(11-22)20(23)26-21-18(17)19(24-25-21)15-9-5-13(2)6-10-15/h3-10,17H,23H2,1-2H3,(H,24,25)/t17-/m1/s1. The van der Waals surface area contributed by atoms with Crippen molar-refractivity contribution in [2.75, 3.05) is 0 Å². The van der Waals surface area contributed by atoms with Crippen LogP contribution < -0.4 is 10.5 Å². The fourth-order valence-corrected chi connectivity index (χ4v) is 3.28. The largest absolute Gasteiger partial charge is 0.420 e. The molecule has 1 aliphatic heterocycles. The molecular formula is C21H18N4O. The summed E-state index contributed by atoms with van der Waals surface area (Å²) in [6.07, 6.45) is 0. The lowest BCUT2D eigenvalue weighted by Crippen LogP contribution is -2.21. The van der Waals surface area contributed by atoms with Crippen molar-refractivity contribution in [3.8, 4) is 23.2 Å². The highest BCUT2D eigenvalue weighted by Crippen LogP contribution is 2.45. The van der Waals surface area contributed by atoms with Crippen LogP contribution in [0.5, 0.6) is 5.88 Å². The molecule has 26 heavy (non-hydrogen) atoms. The number of nitrogens with two attached hydrogens (primary N) is 1. The van der Waals surface area contributed by atoms with Crippen LogP contribution in [0.4, 0.5) is 0 Å². The first kappa shape index (κ1) is 16.0. The van der Waals surface area contributed by atoms with Gasteiger partial charge in [0.15, 0.2) is 0 Å². The normalized spacial score (nSPS) is 16.0. The lowest BCUT2D eigenvalue weighted by atomic mass is 9.83. The van der Waals surface area contributed by atoms with E-state index in [2.05, 4.69) is 16.3 Å². The molecule has 0 saturated heterocycles. The molecule has 3 N–H and O–H groups in total. The number of hydrogen-bond donors (Lipinski definition) is 2. The topological polar surface area (TPSA) is 87.7 Å². The SMILES string of the molecule is Cc1ccc(-c2[nH]nc3c2[C@H](c2ccc(C)cc2)C(C#N)=C(N)O3)cc1. The number of allylic oxidation sites excluding steroid dienone is 1. The summed E-state index contributed by atoms with van der Waals surface area (Å²) in [7, 11) is 0. The Morgan fingerprint density at radius 2 is 1.65 bits per heavy atom. The molecule has 1 atom stereocenters. The van der Waals surface area contributed by atoms with E-state index in [4.69, 9.17) is 10.5 Å². The second kappa shape index (κ2) is 6.08. The number of rotatable bonds is 2. The summed E-state index contributed by atoms with van der Waals surface area (Å²) in [5, 5.41) is 17.1. The number of aromatic nitrogens is 2. The quantitative estimate of drug-likeness (QED) is 0.739. The van der Waals surface area contributed by atoms with E-state index in [0.717, 1.165) is 27.9 Å². The molecule has 0 bridgehead atoms. The lowest BCUT2D eigenvalue weighted by molar-refractivity contribution is 0.379. The Kier molecular flexibility index (Phi) is 3.74. The fourth-order valence-electron chi connectivity index (χ4n) is 3.28. The van der Waals surface area contributed by atoms with E-state index < -0.39 is 0 Å². The van der Waals surface area contributed by atoms with Gasteiger partial charge in [-0.3, -0.25) is 5.10 Å². The molecule has 5 nitrogen and oxygen atoms in total. The predicted octanol–water partition coefficient (Wildman–Crippen LogP) is 3.91. The van der Waals surface area contributed by atoms with Crippen LogP contribution in [-0.4, -0.2) is 10.2 Å². The van der Waals surface area contributed by atoms with E-state index in [1.54, 1.807) is 0 Å². The number of fused-ring (bicyclic) bond motifs is 1. The number of nitrogens with one attached hydrogen (secondary N) is 1. The highest BCUT2D eigenvalue weighted by molar-refractivity contribution is 5.71. The molecule has 0 amide bonds. The van der Waals surface area contributed by atoms with E-state index in [0.29, 0.717) is 11.5 Å². The number of hydrogen-bond acceptors (Lipinski definition) is 4. The average molecular weight is 342 g/mol. The van der Waals surface area contributed by atoms with Crippen LogP contribution in [0.3, 0.4) is 0 Å². The van der Waals surface area contributed by atoms with Gasteiger partial charge in [0.25, 0.3) is 0 Å². The molecule has 0 aliphatic carbocycles. The molecule has 4 rings (SSSR count). The first-order chi connectivity index (χ1) is 12.6. The summed E-state index contributed by atoms with van der Waals surface area (Å²) in [4.78, 5) is 0. The van der Waals surface area contributed by atoms with Crippen LogP contribution >= 0.6 is 0 Å². The maximum absolute atomic E-state index is 9.71. The Bertz CT molecular complexity index is 1040. The van der Waals surface area contributed by atoms with Gasteiger partial charge < -0.3 is 10.5 Å². The molecule has 128 valence electrons. The van der Waals surface area contributed by atoms with E-state index in [1.807, 2.05) is 62.4 Å². The molecule has 0 fully saturated rings. The second-order valence-electron chi connectivity index (χ2n) is 6.52. The lowest BCUT2D eigenvalue weighted by Gasteiger charge is -2.24. The summed E-state index contributed by atoms with van der Waals surface area (Å²) >= 11 is 0. The first-order valence-corrected chi connectivity index (χ1v) is 8.38. The molecule has 0 saturated carbocycles. The van der Waals surface area contributed by atoms with Crippen LogP contribution in [0.15, 0.2) is 60.0 Å². The van der Waals surface area contributed by atoms with Gasteiger partial charge in [-0.05, 0) is 19.4 Å². The van der Waals surface area contributed by atoms with Crippen LogP contribution in [0.1, 0.15) is 28.2 Å². The molecule has 1 aromatic heterocycles. The van der Waals surface area contributed by atoms with Gasteiger partial charge in [-0.25, -0.2) is 0 Å². The van der Waals surface area contributed by atoms with Crippen molar-refractivity contribution < 1.29 is 4.74 Å². The summed E-state index contributed by atoms with van der Waals surface area (Å²) in [6.45, 7) is 4.08. The third-order valence-electron chi connectivity index (χ3n) is 4.69. The monoisotopic (exact) mass is 342 g/mol. The van der Waals surface area contributed by atoms with Crippen molar-refractivity contribution in [1.29, 1.82) is 5.26 Å². The minimum atomic E-state index is -0.320. The molecule has 2 heterocycles. The minimum Gasteiger partial charge on any atom is -0.420 e. The van der Waals surface area contributed by atoms with Crippen LogP contribution in [0.2, 0.25) is 0 Å². The number of aryl methyl sites for hydroxylation is 2. The molecule has 1 aliphatic rings. The van der Waals surface area contributed by atoms with Gasteiger partial charge in [0.05, 0.1) is 17.2 Å².